The van der Waals surface area contributed by atoms with Gasteiger partial charge in [0, 0.05) is 12.4 Å². The molecule has 0 unspecified atom stereocenters. The van der Waals surface area contributed by atoms with Crippen molar-refractivity contribution < 1.29 is 9.90 Å². The number of aryl methyl sites for hydroxylation is 1. The standard InChI is InChI=1S/C13H13BrN2O2/c1-16-10-7-8(3-4-9(10)11(14)15-16)13(12(17)18)5-2-6-13/h3-4,7H,2,5-6H2,1H3,(H,17,18). The van der Waals surface area contributed by atoms with Gasteiger partial charge in [0.05, 0.1) is 10.9 Å². The molecule has 94 valence electrons. The molecule has 0 radical (unpaired) electrons. The molecule has 1 heterocycles. The Morgan fingerprint density at radius 2 is 2.22 bits per heavy atom. The van der Waals surface area contributed by atoms with E-state index in [1.54, 1.807) is 4.68 Å². The zero-order valence-corrected chi connectivity index (χ0v) is 11.6. The molecule has 1 aromatic heterocycles. The lowest BCUT2D eigenvalue weighted by Gasteiger charge is -2.38. The summed E-state index contributed by atoms with van der Waals surface area (Å²) < 4.78 is 2.57. The molecule has 1 aliphatic rings. The topological polar surface area (TPSA) is 55.1 Å². The Morgan fingerprint density at radius 3 is 2.78 bits per heavy atom. The van der Waals surface area contributed by atoms with E-state index in [4.69, 9.17) is 0 Å². The first-order chi connectivity index (χ1) is 8.54. The Bertz CT molecular complexity index is 644. The number of carboxylic acid groups (broad SMARTS) is 1. The Labute approximate surface area is 113 Å². The molecule has 1 aromatic carbocycles. The lowest BCUT2D eigenvalue weighted by atomic mass is 9.64. The van der Waals surface area contributed by atoms with Gasteiger partial charge in [-0.3, -0.25) is 9.48 Å². The van der Waals surface area contributed by atoms with Crippen molar-refractivity contribution >= 4 is 32.8 Å². The Morgan fingerprint density at radius 1 is 1.50 bits per heavy atom. The number of rotatable bonds is 2. The largest absolute Gasteiger partial charge is 0.481 e. The van der Waals surface area contributed by atoms with Crippen molar-refractivity contribution in [1.82, 2.24) is 9.78 Å². The maximum absolute atomic E-state index is 11.5. The third-order valence-electron chi connectivity index (χ3n) is 3.98. The third-order valence-corrected chi connectivity index (χ3v) is 4.56. The Balaban J connectivity index is 2.19. The van der Waals surface area contributed by atoms with Crippen LogP contribution in [-0.2, 0) is 17.3 Å². The Hall–Kier alpha value is -1.36. The van der Waals surface area contributed by atoms with Crippen LogP contribution in [0, 0.1) is 0 Å². The first-order valence-electron chi connectivity index (χ1n) is 5.91. The van der Waals surface area contributed by atoms with Gasteiger partial charge in [-0.25, -0.2) is 0 Å². The van der Waals surface area contributed by atoms with Crippen LogP contribution in [0.4, 0.5) is 0 Å². The van der Waals surface area contributed by atoms with Crippen LogP contribution >= 0.6 is 15.9 Å². The molecule has 0 saturated heterocycles. The highest BCUT2D eigenvalue weighted by Crippen LogP contribution is 2.44. The number of benzene rings is 1. The zero-order chi connectivity index (χ0) is 12.9. The average Bonchev–Trinajstić information content (AvgIpc) is 2.52. The molecule has 18 heavy (non-hydrogen) atoms. The molecule has 0 amide bonds. The van der Waals surface area contributed by atoms with Crippen LogP contribution in [-0.4, -0.2) is 20.9 Å². The molecule has 5 heteroatoms. The SMILES string of the molecule is Cn1nc(Br)c2ccc(C3(C(=O)O)CCC3)cc21. The van der Waals surface area contributed by atoms with Gasteiger partial charge in [0.15, 0.2) is 0 Å². The summed E-state index contributed by atoms with van der Waals surface area (Å²) in [5.74, 6) is -0.714. The number of fused-ring (bicyclic) bond motifs is 1. The zero-order valence-electron chi connectivity index (χ0n) is 9.98. The molecule has 0 aliphatic heterocycles. The van der Waals surface area contributed by atoms with Crippen LogP contribution < -0.4 is 0 Å². The Kier molecular flexibility index (Phi) is 2.48. The smallest absolute Gasteiger partial charge is 0.314 e. The number of carboxylic acids is 1. The summed E-state index contributed by atoms with van der Waals surface area (Å²) >= 11 is 3.40. The van der Waals surface area contributed by atoms with Crippen LogP contribution in [0.1, 0.15) is 24.8 Å². The summed E-state index contributed by atoms with van der Waals surface area (Å²) in [5, 5.41) is 14.8. The fourth-order valence-electron chi connectivity index (χ4n) is 2.67. The van der Waals surface area contributed by atoms with Crippen LogP contribution in [0.5, 0.6) is 0 Å². The second-order valence-electron chi connectivity index (χ2n) is 4.89. The molecule has 2 aromatic rings. The van der Waals surface area contributed by atoms with Crippen LogP contribution in [0.25, 0.3) is 10.9 Å². The molecule has 4 nitrogen and oxygen atoms in total. The van der Waals surface area contributed by atoms with E-state index in [-0.39, 0.29) is 0 Å². The number of carbonyl (C=O) groups is 1. The van der Waals surface area contributed by atoms with E-state index in [0.29, 0.717) is 0 Å². The van der Waals surface area contributed by atoms with Gasteiger partial charge in [0.25, 0.3) is 0 Å². The highest BCUT2D eigenvalue weighted by molar-refractivity contribution is 9.10. The van der Waals surface area contributed by atoms with Gasteiger partial charge in [-0.2, -0.15) is 5.10 Å². The van der Waals surface area contributed by atoms with Crippen molar-refractivity contribution in [1.29, 1.82) is 0 Å². The fraction of sp³-hybridized carbons (Fsp3) is 0.385. The van der Waals surface area contributed by atoms with Crippen molar-refractivity contribution in [3.63, 3.8) is 0 Å². The van der Waals surface area contributed by atoms with Crippen molar-refractivity contribution in [2.75, 3.05) is 0 Å². The van der Waals surface area contributed by atoms with E-state index < -0.39 is 11.4 Å². The van der Waals surface area contributed by atoms with E-state index in [1.807, 2.05) is 25.2 Å². The molecule has 1 saturated carbocycles. The highest BCUT2D eigenvalue weighted by atomic mass is 79.9. The van der Waals surface area contributed by atoms with Crippen LogP contribution in [0.3, 0.4) is 0 Å². The van der Waals surface area contributed by atoms with Crippen molar-refractivity contribution in [2.45, 2.75) is 24.7 Å². The summed E-state index contributed by atoms with van der Waals surface area (Å²) in [6, 6.07) is 5.83. The predicted octanol–water partition coefficient (Wildman–Crippen LogP) is 2.84. The second-order valence-corrected chi connectivity index (χ2v) is 5.64. The number of nitrogens with zero attached hydrogens (tertiary/aromatic N) is 2. The van der Waals surface area contributed by atoms with Crippen molar-refractivity contribution in [3.8, 4) is 0 Å². The minimum atomic E-state index is -0.714. The minimum Gasteiger partial charge on any atom is -0.481 e. The number of aromatic nitrogens is 2. The van der Waals surface area contributed by atoms with E-state index in [2.05, 4.69) is 21.0 Å². The molecular weight excluding hydrogens is 296 g/mol. The van der Waals surface area contributed by atoms with Crippen LogP contribution in [0.15, 0.2) is 22.8 Å². The quantitative estimate of drug-likeness (QED) is 0.928. The van der Waals surface area contributed by atoms with Gasteiger partial charge < -0.3 is 5.11 Å². The monoisotopic (exact) mass is 308 g/mol. The van der Waals surface area contributed by atoms with E-state index in [9.17, 15) is 9.90 Å². The van der Waals surface area contributed by atoms with Crippen molar-refractivity contribution in [3.05, 3.63) is 28.4 Å². The van der Waals surface area contributed by atoms with Gasteiger partial charge in [-0.05, 0) is 46.5 Å². The highest BCUT2D eigenvalue weighted by Gasteiger charge is 2.46. The predicted molar refractivity (Wildman–Crippen MR) is 71.6 cm³/mol. The van der Waals surface area contributed by atoms with Crippen molar-refractivity contribution in [2.24, 2.45) is 7.05 Å². The molecule has 0 bridgehead atoms. The van der Waals surface area contributed by atoms with Gasteiger partial charge in [-0.1, -0.05) is 12.5 Å². The molecule has 1 aliphatic carbocycles. The normalized spacial score (nSPS) is 17.7. The molecule has 0 spiro atoms. The summed E-state index contributed by atoms with van der Waals surface area (Å²) in [4.78, 5) is 11.5. The summed E-state index contributed by atoms with van der Waals surface area (Å²) in [6.45, 7) is 0. The number of hydrogen-bond acceptors (Lipinski definition) is 2. The summed E-state index contributed by atoms with van der Waals surface area (Å²) in [5.41, 5.74) is 1.18. The van der Waals surface area contributed by atoms with Gasteiger partial charge in [-0.15, -0.1) is 0 Å². The van der Waals surface area contributed by atoms with Gasteiger partial charge in [0.2, 0.25) is 0 Å². The molecule has 1 fully saturated rings. The van der Waals surface area contributed by atoms with Crippen LogP contribution in [0.2, 0.25) is 0 Å². The first kappa shape index (κ1) is 11.7. The number of hydrogen-bond donors (Lipinski definition) is 1. The van der Waals surface area contributed by atoms with E-state index in [1.165, 1.54) is 0 Å². The van der Waals surface area contributed by atoms with E-state index in [0.717, 1.165) is 40.3 Å². The average molecular weight is 309 g/mol. The summed E-state index contributed by atoms with van der Waals surface area (Å²) in [6.07, 6.45) is 2.44. The molecule has 3 rings (SSSR count). The second kappa shape index (κ2) is 3.82. The lowest BCUT2D eigenvalue weighted by molar-refractivity contribution is -0.147. The lowest BCUT2D eigenvalue weighted by Crippen LogP contribution is -2.42. The third kappa shape index (κ3) is 1.43. The molecular formula is C13H13BrN2O2. The maximum Gasteiger partial charge on any atom is 0.314 e. The molecule has 0 atom stereocenters. The van der Waals surface area contributed by atoms with Gasteiger partial charge in [0.1, 0.15) is 4.60 Å². The minimum absolute atomic E-state index is 0.676. The van der Waals surface area contributed by atoms with E-state index >= 15 is 0 Å². The fourth-order valence-corrected chi connectivity index (χ4v) is 3.24. The first-order valence-corrected chi connectivity index (χ1v) is 6.70. The number of halogens is 1. The summed E-state index contributed by atoms with van der Waals surface area (Å²) in [7, 11) is 1.87. The number of aliphatic carboxylic acids is 1. The molecule has 1 N–H and O–H groups in total. The maximum atomic E-state index is 11.5. The van der Waals surface area contributed by atoms with Gasteiger partial charge >= 0.3 is 5.97 Å².